The first-order valence-corrected chi connectivity index (χ1v) is 7.16. The van der Waals surface area contributed by atoms with Crippen LogP contribution < -0.4 is 10.1 Å². The van der Waals surface area contributed by atoms with Crippen molar-refractivity contribution in [2.24, 2.45) is 0 Å². The number of anilines is 1. The van der Waals surface area contributed by atoms with Crippen LogP contribution in [0.15, 0.2) is 24.3 Å². The maximum atomic E-state index is 12.1. The van der Waals surface area contributed by atoms with Gasteiger partial charge in [-0.25, -0.2) is 4.79 Å². The Kier molecular flexibility index (Phi) is 5.24. The minimum absolute atomic E-state index is 0.170. The van der Waals surface area contributed by atoms with Crippen molar-refractivity contribution in [3.8, 4) is 5.75 Å². The molecule has 0 aliphatic carbocycles. The van der Waals surface area contributed by atoms with E-state index in [2.05, 4.69) is 5.32 Å². The number of nitrogens with one attached hydrogen (secondary N) is 1. The van der Waals surface area contributed by atoms with Gasteiger partial charge in [-0.15, -0.1) is 0 Å². The van der Waals surface area contributed by atoms with E-state index in [0.29, 0.717) is 25.4 Å². The van der Waals surface area contributed by atoms with E-state index in [4.69, 9.17) is 4.74 Å². The molecule has 0 aromatic heterocycles. The maximum absolute atomic E-state index is 12.1. The van der Waals surface area contributed by atoms with E-state index < -0.39 is 6.10 Å². The second kappa shape index (κ2) is 7.14. The molecule has 2 N–H and O–H groups in total. The van der Waals surface area contributed by atoms with Crippen molar-refractivity contribution in [3.63, 3.8) is 0 Å². The van der Waals surface area contributed by atoms with Crippen LogP contribution in [0.3, 0.4) is 0 Å². The van der Waals surface area contributed by atoms with Crippen LogP contribution >= 0.6 is 0 Å². The van der Waals surface area contributed by atoms with Gasteiger partial charge in [-0.3, -0.25) is 0 Å². The van der Waals surface area contributed by atoms with Crippen molar-refractivity contribution in [2.75, 3.05) is 25.0 Å². The Labute approximate surface area is 119 Å². The molecule has 2 rings (SSSR count). The summed E-state index contributed by atoms with van der Waals surface area (Å²) in [6.45, 7) is 3.80. The lowest BCUT2D eigenvalue weighted by Gasteiger charge is -2.30. The number of rotatable bonds is 4. The standard InChI is InChI=1S/C15H22N2O3/c1-2-9-20-14-7-3-5-12(10-14)16-15(19)17-8-4-6-13(18)11-17/h3,5,7,10,13,18H,2,4,6,8-9,11H2,1H3,(H,16,19). The zero-order valence-electron chi connectivity index (χ0n) is 11.8. The van der Waals surface area contributed by atoms with Gasteiger partial charge >= 0.3 is 6.03 Å². The number of amides is 2. The van der Waals surface area contributed by atoms with E-state index in [0.717, 1.165) is 25.0 Å². The number of urea groups is 1. The molecule has 0 bridgehead atoms. The Balaban J connectivity index is 1.93. The van der Waals surface area contributed by atoms with Crippen molar-refractivity contribution in [3.05, 3.63) is 24.3 Å². The number of hydrogen-bond donors (Lipinski definition) is 2. The summed E-state index contributed by atoms with van der Waals surface area (Å²) in [4.78, 5) is 13.7. The Hall–Kier alpha value is -1.75. The Morgan fingerprint density at radius 3 is 3.15 bits per heavy atom. The van der Waals surface area contributed by atoms with Crippen LogP contribution in [0.4, 0.5) is 10.5 Å². The highest BCUT2D eigenvalue weighted by atomic mass is 16.5. The molecule has 1 aliphatic heterocycles. The topological polar surface area (TPSA) is 61.8 Å². The molecule has 20 heavy (non-hydrogen) atoms. The van der Waals surface area contributed by atoms with Crippen molar-refractivity contribution in [1.29, 1.82) is 0 Å². The molecule has 0 spiro atoms. The first-order chi connectivity index (χ1) is 9.69. The molecule has 0 radical (unpaired) electrons. The smallest absolute Gasteiger partial charge is 0.321 e. The van der Waals surface area contributed by atoms with Gasteiger partial charge in [0.15, 0.2) is 0 Å². The highest BCUT2D eigenvalue weighted by molar-refractivity contribution is 5.89. The maximum Gasteiger partial charge on any atom is 0.321 e. The zero-order valence-corrected chi connectivity index (χ0v) is 11.8. The fourth-order valence-corrected chi connectivity index (χ4v) is 2.23. The summed E-state index contributed by atoms with van der Waals surface area (Å²) in [5.74, 6) is 0.753. The summed E-state index contributed by atoms with van der Waals surface area (Å²) < 4.78 is 5.54. The lowest BCUT2D eigenvalue weighted by molar-refractivity contribution is 0.0883. The first-order valence-electron chi connectivity index (χ1n) is 7.16. The van der Waals surface area contributed by atoms with Crippen LogP contribution in [0.1, 0.15) is 26.2 Å². The number of carbonyl (C=O) groups excluding carboxylic acids is 1. The molecule has 1 aromatic carbocycles. The number of aliphatic hydroxyl groups excluding tert-OH is 1. The number of benzene rings is 1. The monoisotopic (exact) mass is 278 g/mol. The summed E-state index contributed by atoms with van der Waals surface area (Å²) >= 11 is 0. The SMILES string of the molecule is CCCOc1cccc(NC(=O)N2CCCC(O)C2)c1. The van der Waals surface area contributed by atoms with Crippen LogP contribution in [0.25, 0.3) is 0 Å². The Morgan fingerprint density at radius 2 is 2.40 bits per heavy atom. The molecule has 5 nitrogen and oxygen atoms in total. The van der Waals surface area contributed by atoms with E-state index in [9.17, 15) is 9.90 Å². The third-order valence-electron chi connectivity index (χ3n) is 3.24. The largest absolute Gasteiger partial charge is 0.494 e. The van der Waals surface area contributed by atoms with E-state index in [1.807, 2.05) is 31.2 Å². The van der Waals surface area contributed by atoms with Gasteiger partial charge in [-0.05, 0) is 31.4 Å². The molecule has 2 amide bonds. The molecular weight excluding hydrogens is 256 g/mol. The number of β-amino-alcohol motifs (C(OH)–C–C–N with tert-alkyl or cyclic N) is 1. The highest BCUT2D eigenvalue weighted by Crippen LogP contribution is 2.19. The summed E-state index contributed by atoms with van der Waals surface area (Å²) in [6, 6.07) is 7.20. The first kappa shape index (κ1) is 14.7. The summed E-state index contributed by atoms with van der Waals surface area (Å²) in [5.41, 5.74) is 0.712. The van der Waals surface area contributed by atoms with Gasteiger partial charge in [0.25, 0.3) is 0 Å². The van der Waals surface area contributed by atoms with Crippen molar-refractivity contribution in [1.82, 2.24) is 4.90 Å². The number of piperidine rings is 1. The van der Waals surface area contributed by atoms with Crippen molar-refractivity contribution in [2.45, 2.75) is 32.3 Å². The molecule has 1 heterocycles. The molecule has 1 aromatic rings. The van der Waals surface area contributed by atoms with Crippen LogP contribution in [0.2, 0.25) is 0 Å². The molecule has 110 valence electrons. The molecule has 1 atom stereocenters. The van der Waals surface area contributed by atoms with Gasteiger partial charge in [0.1, 0.15) is 5.75 Å². The van der Waals surface area contributed by atoms with Gasteiger partial charge in [0.2, 0.25) is 0 Å². The van der Waals surface area contributed by atoms with Crippen molar-refractivity contribution >= 4 is 11.7 Å². The molecule has 1 fully saturated rings. The predicted molar refractivity (Wildman–Crippen MR) is 78.1 cm³/mol. The summed E-state index contributed by atoms with van der Waals surface area (Å²) in [6.07, 6.45) is 2.15. The minimum atomic E-state index is -0.409. The quantitative estimate of drug-likeness (QED) is 0.889. The summed E-state index contributed by atoms with van der Waals surface area (Å²) in [5, 5.41) is 12.4. The van der Waals surface area contributed by atoms with Crippen LogP contribution in [-0.2, 0) is 0 Å². The average Bonchev–Trinajstić information content (AvgIpc) is 2.45. The molecule has 1 saturated heterocycles. The van der Waals surface area contributed by atoms with Crippen LogP contribution in [0, 0.1) is 0 Å². The second-order valence-corrected chi connectivity index (χ2v) is 5.05. The Bertz CT molecular complexity index is 450. The number of ether oxygens (including phenoxy) is 1. The molecule has 5 heteroatoms. The molecule has 1 aliphatic rings. The van der Waals surface area contributed by atoms with Crippen molar-refractivity contribution < 1.29 is 14.6 Å². The molecule has 0 saturated carbocycles. The van der Waals surface area contributed by atoms with E-state index in [1.54, 1.807) is 4.90 Å². The number of nitrogens with zero attached hydrogens (tertiary/aromatic N) is 1. The van der Waals surface area contributed by atoms with E-state index in [1.165, 1.54) is 0 Å². The fraction of sp³-hybridized carbons (Fsp3) is 0.533. The highest BCUT2D eigenvalue weighted by Gasteiger charge is 2.21. The zero-order chi connectivity index (χ0) is 14.4. The van der Waals surface area contributed by atoms with Gasteiger partial charge in [0.05, 0.1) is 12.7 Å². The van der Waals surface area contributed by atoms with Gasteiger partial charge in [-0.1, -0.05) is 13.0 Å². The van der Waals surface area contributed by atoms with E-state index >= 15 is 0 Å². The van der Waals surface area contributed by atoms with E-state index in [-0.39, 0.29) is 6.03 Å². The van der Waals surface area contributed by atoms with Gasteiger partial charge in [-0.2, -0.15) is 0 Å². The predicted octanol–water partition coefficient (Wildman–Crippen LogP) is 2.46. The molecule has 1 unspecified atom stereocenters. The average molecular weight is 278 g/mol. The summed E-state index contributed by atoms with van der Waals surface area (Å²) in [7, 11) is 0. The number of hydrogen-bond acceptors (Lipinski definition) is 3. The minimum Gasteiger partial charge on any atom is -0.494 e. The van der Waals surface area contributed by atoms with Crippen LogP contribution in [-0.4, -0.2) is 41.8 Å². The van der Waals surface area contributed by atoms with Crippen LogP contribution in [0.5, 0.6) is 5.75 Å². The second-order valence-electron chi connectivity index (χ2n) is 5.05. The lowest BCUT2D eigenvalue weighted by atomic mass is 10.1. The van der Waals surface area contributed by atoms with Gasteiger partial charge < -0.3 is 20.1 Å². The third kappa shape index (κ3) is 4.13. The number of carbonyl (C=O) groups is 1. The number of likely N-dealkylation sites (tertiary alicyclic amines) is 1. The number of aliphatic hydroxyl groups is 1. The molecular formula is C15H22N2O3. The van der Waals surface area contributed by atoms with Gasteiger partial charge in [0, 0.05) is 24.8 Å². The third-order valence-corrected chi connectivity index (χ3v) is 3.24. The normalized spacial score (nSPS) is 18.7. The lowest BCUT2D eigenvalue weighted by Crippen LogP contribution is -2.44. The Morgan fingerprint density at radius 1 is 1.55 bits per heavy atom. The fourth-order valence-electron chi connectivity index (χ4n) is 2.23.